The summed E-state index contributed by atoms with van der Waals surface area (Å²) in [6, 6.07) is 7.90. The Kier molecular flexibility index (Phi) is 9.02. The molecule has 1 aliphatic carbocycles. The van der Waals surface area contributed by atoms with Crippen molar-refractivity contribution >= 4 is 5.96 Å². The molecule has 174 valence electrons. The number of aliphatic imine (C=N–C) groups is 1. The van der Waals surface area contributed by atoms with Crippen LogP contribution in [-0.4, -0.2) is 44.0 Å². The van der Waals surface area contributed by atoms with E-state index in [-0.39, 0.29) is 25.0 Å². The van der Waals surface area contributed by atoms with Crippen molar-refractivity contribution in [3.63, 3.8) is 0 Å². The molecule has 31 heavy (non-hydrogen) atoms. The van der Waals surface area contributed by atoms with Gasteiger partial charge in [-0.2, -0.15) is 13.2 Å². The lowest BCUT2D eigenvalue weighted by molar-refractivity contribution is -0.183. The molecule has 2 atom stereocenters. The maximum atomic E-state index is 13.1. The van der Waals surface area contributed by atoms with Crippen molar-refractivity contribution in [2.24, 2.45) is 10.9 Å². The van der Waals surface area contributed by atoms with E-state index in [4.69, 9.17) is 9.47 Å². The number of nitrogens with one attached hydrogen (secondary N) is 2. The van der Waals surface area contributed by atoms with Crippen molar-refractivity contribution in [1.82, 2.24) is 10.6 Å². The van der Waals surface area contributed by atoms with E-state index in [1.54, 1.807) is 0 Å². The number of nitrogens with zero attached hydrogens (tertiary/aromatic N) is 1. The van der Waals surface area contributed by atoms with E-state index in [9.17, 15) is 13.2 Å². The lowest BCUT2D eigenvalue weighted by Crippen LogP contribution is -2.46. The summed E-state index contributed by atoms with van der Waals surface area (Å²) in [4.78, 5) is 4.61. The lowest BCUT2D eigenvalue weighted by atomic mass is 9.85. The van der Waals surface area contributed by atoms with Gasteiger partial charge in [0.15, 0.2) is 5.96 Å². The second-order valence-electron chi connectivity index (χ2n) is 8.38. The SMILES string of the molecule is CCNC(=NCc1cccc(COC2CCOCC2)c1)NC1CCCC(C(F)(F)F)C1. The average Bonchev–Trinajstić information content (AvgIpc) is 2.77. The number of guanidine groups is 1. The Morgan fingerprint density at radius 3 is 2.68 bits per heavy atom. The zero-order valence-electron chi connectivity index (χ0n) is 18.2. The first-order chi connectivity index (χ1) is 14.9. The minimum Gasteiger partial charge on any atom is -0.381 e. The molecular weight excluding hydrogens is 407 g/mol. The molecule has 0 spiro atoms. The molecule has 1 aromatic rings. The predicted molar refractivity (Wildman–Crippen MR) is 115 cm³/mol. The highest BCUT2D eigenvalue weighted by atomic mass is 19.4. The first kappa shape index (κ1) is 23.9. The first-order valence-corrected chi connectivity index (χ1v) is 11.3. The largest absolute Gasteiger partial charge is 0.391 e. The quantitative estimate of drug-likeness (QED) is 0.481. The molecular formula is C23H34F3N3O2. The lowest BCUT2D eigenvalue weighted by Gasteiger charge is -2.31. The van der Waals surface area contributed by atoms with Gasteiger partial charge in [0.2, 0.25) is 0 Å². The second kappa shape index (κ2) is 11.7. The topological polar surface area (TPSA) is 54.9 Å². The van der Waals surface area contributed by atoms with E-state index >= 15 is 0 Å². The summed E-state index contributed by atoms with van der Waals surface area (Å²) in [7, 11) is 0. The average molecular weight is 442 g/mol. The molecule has 3 rings (SSSR count). The molecule has 1 heterocycles. The maximum Gasteiger partial charge on any atom is 0.391 e. The van der Waals surface area contributed by atoms with Crippen LogP contribution in [0.1, 0.15) is 56.6 Å². The summed E-state index contributed by atoms with van der Waals surface area (Å²) >= 11 is 0. The van der Waals surface area contributed by atoms with Gasteiger partial charge in [-0.1, -0.05) is 30.7 Å². The first-order valence-electron chi connectivity index (χ1n) is 11.3. The molecule has 2 aliphatic rings. The molecule has 1 saturated heterocycles. The second-order valence-corrected chi connectivity index (χ2v) is 8.38. The van der Waals surface area contributed by atoms with Crippen LogP contribution in [0.15, 0.2) is 29.3 Å². The summed E-state index contributed by atoms with van der Waals surface area (Å²) in [6.07, 6.45) is -0.382. The minimum atomic E-state index is -4.12. The van der Waals surface area contributed by atoms with Gasteiger partial charge in [-0.3, -0.25) is 0 Å². The van der Waals surface area contributed by atoms with E-state index < -0.39 is 12.1 Å². The number of benzene rings is 1. The molecule has 2 fully saturated rings. The molecule has 5 nitrogen and oxygen atoms in total. The van der Waals surface area contributed by atoms with E-state index in [2.05, 4.69) is 21.7 Å². The molecule has 2 unspecified atom stereocenters. The van der Waals surface area contributed by atoms with Crippen molar-refractivity contribution < 1.29 is 22.6 Å². The molecule has 0 bridgehead atoms. The van der Waals surface area contributed by atoms with Gasteiger partial charge >= 0.3 is 6.18 Å². The van der Waals surface area contributed by atoms with Crippen molar-refractivity contribution in [3.8, 4) is 0 Å². The Morgan fingerprint density at radius 1 is 1.16 bits per heavy atom. The Morgan fingerprint density at radius 2 is 1.94 bits per heavy atom. The number of hydrogen-bond acceptors (Lipinski definition) is 3. The Bertz CT molecular complexity index is 706. The number of alkyl halides is 3. The Balaban J connectivity index is 1.54. The molecule has 1 aliphatic heterocycles. The van der Waals surface area contributed by atoms with Crippen molar-refractivity contribution in [1.29, 1.82) is 0 Å². The standard InChI is InChI=1S/C23H34F3N3O2/c1-2-27-22(29-20-8-4-7-19(14-20)23(24,25)26)28-15-17-5-3-6-18(13-17)16-31-21-9-11-30-12-10-21/h3,5-6,13,19-21H,2,4,7-12,14-16H2,1H3,(H2,27,28,29). The number of halogens is 3. The van der Waals surface area contributed by atoms with Crippen LogP contribution in [0, 0.1) is 5.92 Å². The molecule has 0 aromatic heterocycles. The third-order valence-corrected chi connectivity index (χ3v) is 5.89. The Labute approximate surface area is 182 Å². The molecule has 0 radical (unpaired) electrons. The monoisotopic (exact) mass is 441 g/mol. The summed E-state index contributed by atoms with van der Waals surface area (Å²) in [5, 5.41) is 6.37. The molecule has 8 heteroatoms. The van der Waals surface area contributed by atoms with Crippen molar-refractivity contribution in [2.75, 3.05) is 19.8 Å². The van der Waals surface area contributed by atoms with Crippen LogP contribution in [0.25, 0.3) is 0 Å². The summed E-state index contributed by atoms with van der Waals surface area (Å²) in [6.45, 7) is 5.12. The van der Waals surface area contributed by atoms with Gasteiger partial charge in [-0.05, 0) is 50.2 Å². The fourth-order valence-corrected chi connectivity index (χ4v) is 4.18. The molecule has 1 aromatic carbocycles. The highest BCUT2D eigenvalue weighted by Crippen LogP contribution is 2.37. The number of hydrogen-bond donors (Lipinski definition) is 2. The zero-order chi connectivity index (χ0) is 22.1. The van der Waals surface area contributed by atoms with Gasteiger partial charge in [0.25, 0.3) is 0 Å². The van der Waals surface area contributed by atoms with Crippen LogP contribution >= 0.6 is 0 Å². The number of rotatable bonds is 7. The molecule has 1 saturated carbocycles. The fourth-order valence-electron chi connectivity index (χ4n) is 4.18. The van der Waals surface area contributed by atoms with Crippen molar-refractivity contribution in [3.05, 3.63) is 35.4 Å². The number of ether oxygens (including phenoxy) is 2. The van der Waals surface area contributed by atoms with Crippen molar-refractivity contribution in [2.45, 2.75) is 76.9 Å². The summed E-state index contributed by atoms with van der Waals surface area (Å²) in [5.74, 6) is -0.659. The van der Waals surface area contributed by atoms with Crippen LogP contribution in [-0.2, 0) is 22.6 Å². The minimum absolute atomic E-state index is 0.104. The Hall–Kier alpha value is -1.80. The van der Waals surface area contributed by atoms with E-state index in [0.29, 0.717) is 32.1 Å². The normalized spacial score (nSPS) is 23.5. The zero-order valence-corrected chi connectivity index (χ0v) is 18.2. The smallest absolute Gasteiger partial charge is 0.381 e. The summed E-state index contributed by atoms with van der Waals surface area (Å²) in [5.41, 5.74) is 2.14. The van der Waals surface area contributed by atoms with Crippen LogP contribution in [0.5, 0.6) is 0 Å². The fraction of sp³-hybridized carbons (Fsp3) is 0.696. The van der Waals surface area contributed by atoms with Crippen LogP contribution in [0.3, 0.4) is 0 Å². The van der Waals surface area contributed by atoms with Gasteiger partial charge in [0, 0.05) is 25.8 Å². The van der Waals surface area contributed by atoms with Crippen LogP contribution in [0.4, 0.5) is 13.2 Å². The molecule has 2 N–H and O–H groups in total. The van der Waals surface area contributed by atoms with Gasteiger partial charge in [-0.25, -0.2) is 4.99 Å². The van der Waals surface area contributed by atoms with Gasteiger partial charge in [0.1, 0.15) is 0 Å². The maximum absolute atomic E-state index is 13.1. The molecule has 0 amide bonds. The predicted octanol–water partition coefficient (Wildman–Crippen LogP) is 4.56. The van der Waals surface area contributed by atoms with Gasteiger partial charge in [-0.15, -0.1) is 0 Å². The highest BCUT2D eigenvalue weighted by Gasteiger charge is 2.42. The third kappa shape index (κ3) is 8.00. The summed E-state index contributed by atoms with van der Waals surface area (Å²) < 4.78 is 50.7. The van der Waals surface area contributed by atoms with E-state index in [1.807, 2.05) is 25.1 Å². The van der Waals surface area contributed by atoms with Gasteiger partial charge < -0.3 is 20.1 Å². The van der Waals surface area contributed by atoms with Crippen LogP contribution < -0.4 is 10.6 Å². The third-order valence-electron chi connectivity index (χ3n) is 5.89. The van der Waals surface area contributed by atoms with Gasteiger partial charge in [0.05, 0.1) is 25.2 Å². The van der Waals surface area contributed by atoms with E-state index in [1.165, 1.54) is 0 Å². The van der Waals surface area contributed by atoms with Crippen LogP contribution in [0.2, 0.25) is 0 Å². The highest BCUT2D eigenvalue weighted by molar-refractivity contribution is 5.80. The van der Waals surface area contributed by atoms with E-state index in [0.717, 1.165) is 43.6 Å².